The summed E-state index contributed by atoms with van der Waals surface area (Å²) in [7, 11) is 1.64. The summed E-state index contributed by atoms with van der Waals surface area (Å²) >= 11 is 1.40. The van der Waals surface area contributed by atoms with E-state index in [1.165, 1.54) is 11.5 Å². The molecule has 1 aromatic carbocycles. The number of carbonyl (C=O) groups is 1. The first kappa shape index (κ1) is 13.8. The number of amides is 1. The average Bonchev–Trinajstić information content (AvgIpc) is 2.84. The van der Waals surface area contributed by atoms with Crippen molar-refractivity contribution in [3.8, 4) is 5.75 Å². The molecular weight excluding hydrogens is 260 g/mol. The lowest BCUT2D eigenvalue weighted by Crippen LogP contribution is -2.30. The summed E-state index contributed by atoms with van der Waals surface area (Å²) in [4.78, 5) is 13.9. The van der Waals surface area contributed by atoms with Crippen LogP contribution in [0.3, 0.4) is 0 Å². The van der Waals surface area contributed by atoms with Gasteiger partial charge in [-0.1, -0.05) is 13.0 Å². The van der Waals surface area contributed by atoms with Gasteiger partial charge in [0, 0.05) is 13.0 Å². The lowest BCUT2D eigenvalue weighted by Gasteiger charge is -2.19. The molecule has 4 nitrogen and oxygen atoms in total. The molecule has 0 aliphatic rings. The number of rotatable bonds is 5. The van der Waals surface area contributed by atoms with Crippen molar-refractivity contribution in [2.24, 2.45) is 0 Å². The number of ether oxygens (including phenoxy) is 1. The number of benzene rings is 1. The van der Waals surface area contributed by atoms with Gasteiger partial charge in [0.1, 0.15) is 5.75 Å². The lowest BCUT2D eigenvalue weighted by atomic mass is 10.2. The second-order valence-corrected chi connectivity index (χ2v) is 5.03. The first-order chi connectivity index (χ1) is 9.22. The molecule has 0 saturated carbocycles. The molecular formula is C14H18N2O2S. The quantitative estimate of drug-likeness (QED) is 0.841. The molecule has 1 amide bonds. The Morgan fingerprint density at radius 3 is 2.84 bits per heavy atom. The molecule has 0 spiro atoms. The van der Waals surface area contributed by atoms with Crippen molar-refractivity contribution in [3.63, 3.8) is 0 Å². The molecule has 0 saturated heterocycles. The van der Waals surface area contributed by atoms with Gasteiger partial charge in [0.15, 0.2) is 5.82 Å². The monoisotopic (exact) mass is 278 g/mol. The molecule has 0 aliphatic heterocycles. The molecule has 0 bridgehead atoms. The summed E-state index contributed by atoms with van der Waals surface area (Å²) in [5.41, 5.74) is 0. The number of anilines is 1. The summed E-state index contributed by atoms with van der Waals surface area (Å²) in [6.45, 7) is 4.59. The highest BCUT2D eigenvalue weighted by Gasteiger charge is 2.20. The van der Waals surface area contributed by atoms with Crippen molar-refractivity contribution < 1.29 is 9.53 Å². The Balaban J connectivity index is 2.51. The fourth-order valence-electron chi connectivity index (χ4n) is 2.09. The van der Waals surface area contributed by atoms with Gasteiger partial charge in [0.25, 0.3) is 0 Å². The topological polar surface area (TPSA) is 42.4 Å². The number of hydrogen-bond donors (Lipinski definition) is 0. The van der Waals surface area contributed by atoms with Gasteiger partial charge in [-0.25, -0.2) is 0 Å². The van der Waals surface area contributed by atoms with Gasteiger partial charge < -0.3 is 4.74 Å². The molecule has 2 aromatic rings. The zero-order chi connectivity index (χ0) is 13.8. The predicted octanol–water partition coefficient (Wildman–Crippen LogP) is 3.46. The Morgan fingerprint density at radius 2 is 2.21 bits per heavy atom. The van der Waals surface area contributed by atoms with Crippen LogP contribution in [0.5, 0.6) is 5.75 Å². The van der Waals surface area contributed by atoms with Crippen LogP contribution in [0.15, 0.2) is 18.2 Å². The summed E-state index contributed by atoms with van der Waals surface area (Å²) in [5, 5.41) is 0.932. The van der Waals surface area contributed by atoms with Gasteiger partial charge in [0.2, 0.25) is 5.91 Å². The van der Waals surface area contributed by atoms with Gasteiger partial charge >= 0.3 is 0 Å². The maximum atomic E-state index is 12.2. The Hall–Kier alpha value is -1.62. The van der Waals surface area contributed by atoms with Crippen molar-refractivity contribution in [1.82, 2.24) is 4.37 Å². The highest BCUT2D eigenvalue weighted by atomic mass is 32.1. The number of methoxy groups -OCH3 is 1. The molecule has 0 radical (unpaired) electrons. The molecule has 1 aromatic heterocycles. The molecule has 0 N–H and O–H groups in total. The van der Waals surface area contributed by atoms with E-state index in [-0.39, 0.29) is 5.91 Å². The number of hydrogen-bond acceptors (Lipinski definition) is 4. The van der Waals surface area contributed by atoms with Crippen molar-refractivity contribution in [2.75, 3.05) is 18.6 Å². The van der Waals surface area contributed by atoms with Crippen molar-refractivity contribution in [2.45, 2.75) is 26.7 Å². The van der Waals surface area contributed by atoms with Gasteiger partial charge in [-0.05, 0) is 37.0 Å². The summed E-state index contributed by atoms with van der Waals surface area (Å²) in [6.07, 6.45) is 1.39. The zero-order valence-corrected chi connectivity index (χ0v) is 12.3. The smallest absolute Gasteiger partial charge is 0.228 e. The number of nitrogens with zero attached hydrogens (tertiary/aromatic N) is 2. The lowest BCUT2D eigenvalue weighted by molar-refractivity contribution is -0.118. The highest BCUT2D eigenvalue weighted by Crippen LogP contribution is 2.36. The predicted molar refractivity (Wildman–Crippen MR) is 79.1 cm³/mol. The third-order valence-corrected chi connectivity index (χ3v) is 3.80. The Morgan fingerprint density at radius 1 is 1.42 bits per heavy atom. The van der Waals surface area contributed by atoms with Crippen molar-refractivity contribution in [1.29, 1.82) is 0 Å². The van der Waals surface area contributed by atoms with E-state index in [0.717, 1.165) is 28.1 Å². The summed E-state index contributed by atoms with van der Waals surface area (Å²) in [5.74, 6) is 1.60. The van der Waals surface area contributed by atoms with E-state index in [1.54, 1.807) is 12.0 Å². The zero-order valence-electron chi connectivity index (χ0n) is 11.5. The Kier molecular flexibility index (Phi) is 4.37. The Bertz CT molecular complexity index is 580. The van der Waals surface area contributed by atoms with Crippen LogP contribution in [0.2, 0.25) is 0 Å². The second-order valence-electron chi connectivity index (χ2n) is 4.23. The number of aromatic nitrogens is 1. The van der Waals surface area contributed by atoms with Crippen LogP contribution in [-0.4, -0.2) is 23.9 Å². The highest BCUT2D eigenvalue weighted by molar-refractivity contribution is 7.13. The van der Waals surface area contributed by atoms with Crippen LogP contribution < -0.4 is 9.64 Å². The normalized spacial score (nSPS) is 10.7. The SMILES string of the molecule is CCCC(=O)N(CC)c1nsc2cccc(OC)c12. The summed E-state index contributed by atoms with van der Waals surface area (Å²) < 4.78 is 10.9. The van der Waals surface area contributed by atoms with E-state index in [1.807, 2.05) is 32.0 Å². The van der Waals surface area contributed by atoms with E-state index in [2.05, 4.69) is 4.37 Å². The van der Waals surface area contributed by atoms with Crippen molar-refractivity contribution >= 4 is 33.3 Å². The van der Waals surface area contributed by atoms with Gasteiger partial charge in [0.05, 0.1) is 17.2 Å². The molecule has 5 heteroatoms. The fourth-order valence-corrected chi connectivity index (χ4v) is 2.89. The van der Waals surface area contributed by atoms with Gasteiger partial charge in [-0.15, -0.1) is 0 Å². The van der Waals surface area contributed by atoms with E-state index in [4.69, 9.17) is 4.74 Å². The minimum atomic E-state index is 0.114. The van der Waals surface area contributed by atoms with Crippen LogP contribution in [0.1, 0.15) is 26.7 Å². The van der Waals surface area contributed by atoms with E-state index >= 15 is 0 Å². The molecule has 1 heterocycles. The van der Waals surface area contributed by atoms with Gasteiger partial charge in [-0.2, -0.15) is 4.37 Å². The standard InChI is InChI=1S/C14H18N2O2S/c1-4-7-12(17)16(5-2)14-13-10(18-3)8-6-9-11(13)19-15-14/h6,8-9H,4-5,7H2,1-3H3. The maximum Gasteiger partial charge on any atom is 0.228 e. The van der Waals surface area contributed by atoms with Crippen LogP contribution in [0.4, 0.5) is 5.82 Å². The van der Waals surface area contributed by atoms with E-state index in [9.17, 15) is 4.79 Å². The molecule has 0 aliphatic carbocycles. The van der Waals surface area contributed by atoms with Crippen LogP contribution in [0, 0.1) is 0 Å². The maximum absolute atomic E-state index is 12.2. The minimum absolute atomic E-state index is 0.114. The van der Waals surface area contributed by atoms with E-state index < -0.39 is 0 Å². The number of fused-ring (bicyclic) bond motifs is 1. The molecule has 19 heavy (non-hydrogen) atoms. The third kappa shape index (κ3) is 2.56. The average molecular weight is 278 g/mol. The third-order valence-electron chi connectivity index (χ3n) is 3.00. The van der Waals surface area contributed by atoms with Crippen molar-refractivity contribution in [3.05, 3.63) is 18.2 Å². The second kappa shape index (κ2) is 6.02. The van der Waals surface area contributed by atoms with Gasteiger partial charge in [-0.3, -0.25) is 9.69 Å². The molecule has 2 rings (SSSR count). The largest absolute Gasteiger partial charge is 0.496 e. The van der Waals surface area contributed by atoms with E-state index in [0.29, 0.717) is 13.0 Å². The minimum Gasteiger partial charge on any atom is -0.496 e. The van der Waals surface area contributed by atoms with Crippen LogP contribution in [-0.2, 0) is 4.79 Å². The molecule has 0 unspecified atom stereocenters. The first-order valence-corrected chi connectivity index (χ1v) is 7.23. The van der Waals surface area contributed by atoms with Crippen LogP contribution in [0.25, 0.3) is 10.1 Å². The number of carbonyl (C=O) groups excluding carboxylic acids is 1. The van der Waals surface area contributed by atoms with Crippen LogP contribution >= 0.6 is 11.5 Å². The molecule has 102 valence electrons. The molecule has 0 atom stereocenters. The fraction of sp³-hybridized carbons (Fsp3) is 0.429. The Labute approximate surface area is 117 Å². The first-order valence-electron chi connectivity index (χ1n) is 6.45. The molecule has 0 fully saturated rings. The summed E-state index contributed by atoms with van der Waals surface area (Å²) in [6, 6.07) is 5.84.